The van der Waals surface area contributed by atoms with Crippen LogP contribution in [-0.2, 0) is 18.8 Å². The van der Waals surface area contributed by atoms with Crippen LogP contribution in [0.1, 0.15) is 46.4 Å². The van der Waals surface area contributed by atoms with Gasteiger partial charge in [0, 0.05) is 18.5 Å². The Morgan fingerprint density at radius 1 is 0.882 bits per heavy atom. The van der Waals surface area contributed by atoms with Gasteiger partial charge in [0.15, 0.2) is 5.16 Å². The van der Waals surface area contributed by atoms with Crippen LogP contribution in [0.3, 0.4) is 0 Å². The number of rotatable bonds is 8. The lowest BCUT2D eigenvalue weighted by molar-refractivity contribution is 0.0696. The van der Waals surface area contributed by atoms with Gasteiger partial charge >= 0.3 is 5.97 Å². The van der Waals surface area contributed by atoms with Crippen LogP contribution in [0.2, 0.25) is 0 Å². The predicted octanol–water partition coefficient (Wildman–Crippen LogP) is 6.06. The Labute approximate surface area is 204 Å². The van der Waals surface area contributed by atoms with Crippen LogP contribution in [0.5, 0.6) is 0 Å². The van der Waals surface area contributed by atoms with Gasteiger partial charge in [-0.1, -0.05) is 78.8 Å². The number of carboxylic acid groups (broad SMARTS) is 1. The number of likely N-dealkylation sites (tertiary alicyclic amines) is 1. The summed E-state index contributed by atoms with van der Waals surface area (Å²) in [5.41, 5.74) is 3.51. The van der Waals surface area contributed by atoms with Crippen molar-refractivity contribution in [1.82, 2.24) is 14.5 Å². The van der Waals surface area contributed by atoms with Crippen LogP contribution in [-0.4, -0.2) is 38.6 Å². The molecule has 1 aliphatic rings. The van der Waals surface area contributed by atoms with Crippen molar-refractivity contribution < 1.29 is 9.90 Å². The number of carboxylic acids is 1. The number of hydrogen-bond donors (Lipinski definition) is 1. The standard InChI is InChI=1S/C28H29N3O2S/c32-27(33)26-14-5-3-10-23(26)20-34-28-29-24(18-30-15-6-1-7-16-30)19-31(28)17-22-12-8-11-21-9-2-4-13-25(21)22/h2-5,8-14,19H,1,6-7,15-18,20H2,(H,32,33). The Balaban J connectivity index is 1.43. The van der Waals surface area contributed by atoms with E-state index in [2.05, 4.69) is 58.1 Å². The molecule has 1 N–H and O–H groups in total. The van der Waals surface area contributed by atoms with E-state index in [4.69, 9.17) is 4.98 Å². The molecule has 0 saturated carbocycles. The van der Waals surface area contributed by atoms with Gasteiger partial charge in [0.1, 0.15) is 0 Å². The van der Waals surface area contributed by atoms with Gasteiger partial charge in [-0.2, -0.15) is 0 Å². The molecule has 0 radical (unpaired) electrons. The largest absolute Gasteiger partial charge is 0.478 e. The van der Waals surface area contributed by atoms with E-state index in [1.165, 1.54) is 35.6 Å². The first-order chi connectivity index (χ1) is 16.7. The molecule has 174 valence electrons. The van der Waals surface area contributed by atoms with Gasteiger partial charge < -0.3 is 9.67 Å². The molecule has 0 bridgehead atoms. The van der Waals surface area contributed by atoms with Crippen molar-refractivity contribution in [1.29, 1.82) is 0 Å². The molecule has 34 heavy (non-hydrogen) atoms. The van der Waals surface area contributed by atoms with Crippen LogP contribution in [0.15, 0.2) is 78.1 Å². The van der Waals surface area contributed by atoms with Crippen LogP contribution in [0.4, 0.5) is 0 Å². The van der Waals surface area contributed by atoms with E-state index >= 15 is 0 Å². The number of carbonyl (C=O) groups is 1. The number of benzene rings is 3. The fourth-order valence-corrected chi connectivity index (χ4v) is 5.71. The second-order valence-corrected chi connectivity index (χ2v) is 9.81. The molecule has 3 aromatic carbocycles. The number of thioether (sulfide) groups is 1. The van der Waals surface area contributed by atoms with Crippen molar-refractivity contribution in [2.45, 2.75) is 43.3 Å². The van der Waals surface area contributed by atoms with E-state index < -0.39 is 5.97 Å². The highest BCUT2D eigenvalue weighted by molar-refractivity contribution is 7.98. The van der Waals surface area contributed by atoms with Crippen molar-refractivity contribution in [3.8, 4) is 0 Å². The quantitative estimate of drug-likeness (QED) is 0.317. The van der Waals surface area contributed by atoms with Crippen LogP contribution < -0.4 is 0 Å². The summed E-state index contributed by atoms with van der Waals surface area (Å²) in [6.07, 6.45) is 6.01. The third-order valence-electron chi connectivity index (χ3n) is 6.45. The van der Waals surface area contributed by atoms with Crippen molar-refractivity contribution in [2.75, 3.05) is 13.1 Å². The first-order valence-corrected chi connectivity index (χ1v) is 12.8. The Bertz CT molecular complexity index is 1290. The normalized spacial score (nSPS) is 14.5. The third kappa shape index (κ3) is 5.18. The fraction of sp³-hybridized carbons (Fsp3) is 0.286. The van der Waals surface area contributed by atoms with Crippen LogP contribution in [0.25, 0.3) is 10.8 Å². The second-order valence-electron chi connectivity index (χ2n) is 8.87. The zero-order chi connectivity index (χ0) is 23.3. The average Bonchev–Trinajstić information content (AvgIpc) is 3.24. The van der Waals surface area contributed by atoms with E-state index in [-0.39, 0.29) is 0 Å². The lowest BCUT2D eigenvalue weighted by atomic mass is 10.0. The minimum atomic E-state index is -0.888. The molecule has 1 aliphatic heterocycles. The lowest BCUT2D eigenvalue weighted by Crippen LogP contribution is -2.29. The molecule has 1 fully saturated rings. The summed E-state index contributed by atoms with van der Waals surface area (Å²) in [4.78, 5) is 19.2. The van der Waals surface area contributed by atoms with Crippen molar-refractivity contribution in [2.24, 2.45) is 0 Å². The summed E-state index contributed by atoms with van der Waals surface area (Å²) in [5.74, 6) is -0.320. The summed E-state index contributed by atoms with van der Waals surface area (Å²) in [5, 5.41) is 13.0. The molecule has 0 aliphatic carbocycles. The van der Waals surface area contributed by atoms with Gasteiger partial charge in [-0.15, -0.1) is 0 Å². The Hall–Kier alpha value is -3.09. The minimum absolute atomic E-state index is 0.357. The van der Waals surface area contributed by atoms with E-state index in [1.807, 2.05) is 12.1 Å². The maximum Gasteiger partial charge on any atom is 0.335 e. The number of aromatic nitrogens is 2. The smallest absolute Gasteiger partial charge is 0.335 e. The van der Waals surface area contributed by atoms with Gasteiger partial charge in [-0.25, -0.2) is 9.78 Å². The van der Waals surface area contributed by atoms with E-state index in [0.717, 1.165) is 42.6 Å². The van der Waals surface area contributed by atoms with Gasteiger partial charge in [0.05, 0.1) is 17.8 Å². The monoisotopic (exact) mass is 471 g/mol. The highest BCUT2D eigenvalue weighted by Gasteiger charge is 2.17. The zero-order valence-electron chi connectivity index (χ0n) is 19.2. The summed E-state index contributed by atoms with van der Waals surface area (Å²) in [6.45, 7) is 3.86. The molecule has 6 heteroatoms. The Morgan fingerprint density at radius 2 is 1.62 bits per heavy atom. The first kappa shape index (κ1) is 22.7. The third-order valence-corrected chi connectivity index (χ3v) is 7.49. The maximum absolute atomic E-state index is 11.7. The highest BCUT2D eigenvalue weighted by Crippen LogP contribution is 2.27. The summed E-state index contributed by atoms with van der Waals surface area (Å²) < 4.78 is 2.23. The molecular weight excluding hydrogens is 442 g/mol. The Morgan fingerprint density at radius 3 is 2.47 bits per heavy atom. The van der Waals surface area contributed by atoms with Crippen LogP contribution in [0, 0.1) is 0 Å². The number of fused-ring (bicyclic) bond motifs is 1. The van der Waals surface area contributed by atoms with Crippen molar-refractivity contribution in [3.63, 3.8) is 0 Å². The molecule has 1 aromatic heterocycles. The van der Waals surface area contributed by atoms with Gasteiger partial charge in [-0.3, -0.25) is 4.90 Å². The molecule has 0 amide bonds. The van der Waals surface area contributed by atoms with Crippen molar-refractivity contribution in [3.05, 3.63) is 95.3 Å². The van der Waals surface area contributed by atoms with Crippen LogP contribution >= 0.6 is 11.8 Å². The molecule has 0 spiro atoms. The van der Waals surface area contributed by atoms with E-state index in [9.17, 15) is 9.90 Å². The van der Waals surface area contributed by atoms with E-state index in [1.54, 1.807) is 23.9 Å². The predicted molar refractivity (Wildman–Crippen MR) is 137 cm³/mol. The van der Waals surface area contributed by atoms with Gasteiger partial charge in [0.2, 0.25) is 0 Å². The SMILES string of the molecule is O=C(O)c1ccccc1CSc1nc(CN2CCCCC2)cn1Cc1cccc2ccccc12. The highest BCUT2D eigenvalue weighted by atomic mass is 32.2. The molecule has 0 atom stereocenters. The maximum atomic E-state index is 11.7. The number of imidazole rings is 1. The number of piperidine rings is 1. The molecule has 1 saturated heterocycles. The molecule has 4 aromatic rings. The van der Waals surface area contributed by atoms with Gasteiger partial charge in [-0.05, 0) is 53.9 Å². The number of hydrogen-bond acceptors (Lipinski definition) is 4. The van der Waals surface area contributed by atoms with E-state index in [0.29, 0.717) is 11.3 Å². The fourth-order valence-electron chi connectivity index (χ4n) is 4.71. The minimum Gasteiger partial charge on any atom is -0.478 e. The second kappa shape index (κ2) is 10.5. The molecule has 5 nitrogen and oxygen atoms in total. The zero-order valence-corrected chi connectivity index (χ0v) is 20.0. The summed E-state index contributed by atoms with van der Waals surface area (Å²) in [6, 6.07) is 22.1. The Kier molecular flexibility index (Phi) is 6.97. The van der Waals surface area contributed by atoms with Gasteiger partial charge in [0.25, 0.3) is 0 Å². The van der Waals surface area contributed by atoms with Crippen molar-refractivity contribution >= 4 is 28.5 Å². The topological polar surface area (TPSA) is 58.4 Å². The molecule has 2 heterocycles. The average molecular weight is 472 g/mol. The summed E-state index contributed by atoms with van der Waals surface area (Å²) >= 11 is 1.61. The molecule has 0 unspecified atom stereocenters. The lowest BCUT2D eigenvalue weighted by Gasteiger charge is -2.25. The molecular formula is C28H29N3O2S. The summed E-state index contributed by atoms with van der Waals surface area (Å²) in [7, 11) is 0. The number of nitrogens with zero attached hydrogens (tertiary/aromatic N) is 3. The molecule has 5 rings (SSSR count). The number of aromatic carboxylic acids is 1. The first-order valence-electron chi connectivity index (χ1n) is 11.9.